The molecule has 152 valence electrons. The number of anilines is 1. The summed E-state index contributed by atoms with van der Waals surface area (Å²) in [5.41, 5.74) is 6.84. The third-order valence-electron chi connectivity index (χ3n) is 5.21. The Hall–Kier alpha value is -2.20. The van der Waals surface area contributed by atoms with Crippen molar-refractivity contribution in [3.05, 3.63) is 36.7 Å². The van der Waals surface area contributed by atoms with Crippen LogP contribution in [0.1, 0.15) is 33.4 Å². The Morgan fingerprint density at radius 2 is 1.90 bits per heavy atom. The molecule has 0 saturated carbocycles. The van der Waals surface area contributed by atoms with Gasteiger partial charge in [-0.2, -0.15) is 5.10 Å². The SMILES string of the molecule is CC[C@H]1O[C@@H](n2nc(Sc3ccccc3)c3c(N)ncnc32)[C@@H]2OC(C)(C)O[C@@H]21. The summed E-state index contributed by atoms with van der Waals surface area (Å²) in [5.74, 6) is -0.270. The van der Waals surface area contributed by atoms with Crippen LogP contribution >= 0.6 is 11.8 Å². The van der Waals surface area contributed by atoms with Crippen molar-refractivity contribution in [2.45, 2.75) is 67.4 Å². The highest BCUT2D eigenvalue weighted by Gasteiger charge is 2.56. The van der Waals surface area contributed by atoms with E-state index in [2.05, 4.69) is 16.9 Å². The number of nitrogens with zero attached hydrogens (tertiary/aromatic N) is 4. The molecule has 2 saturated heterocycles. The van der Waals surface area contributed by atoms with E-state index in [9.17, 15) is 0 Å². The van der Waals surface area contributed by atoms with E-state index in [-0.39, 0.29) is 18.3 Å². The predicted octanol–water partition coefficient (Wildman–Crippen LogP) is 3.39. The summed E-state index contributed by atoms with van der Waals surface area (Å²) in [4.78, 5) is 9.70. The molecule has 1 aromatic carbocycles. The van der Waals surface area contributed by atoms with E-state index < -0.39 is 12.0 Å². The van der Waals surface area contributed by atoms with E-state index >= 15 is 0 Å². The molecule has 0 amide bonds. The molecule has 8 nitrogen and oxygen atoms in total. The van der Waals surface area contributed by atoms with E-state index in [1.54, 1.807) is 4.68 Å². The number of benzene rings is 1. The average Bonchev–Trinajstić information content (AvgIpc) is 3.32. The normalized spacial score (nSPS) is 28.1. The highest BCUT2D eigenvalue weighted by molar-refractivity contribution is 7.99. The smallest absolute Gasteiger partial charge is 0.181 e. The number of rotatable bonds is 4. The van der Waals surface area contributed by atoms with Crippen molar-refractivity contribution in [3.8, 4) is 0 Å². The van der Waals surface area contributed by atoms with Crippen LogP contribution in [0.5, 0.6) is 0 Å². The van der Waals surface area contributed by atoms with Crippen LogP contribution in [0, 0.1) is 0 Å². The molecule has 4 atom stereocenters. The van der Waals surface area contributed by atoms with Crippen molar-refractivity contribution in [2.75, 3.05) is 5.73 Å². The van der Waals surface area contributed by atoms with Crippen molar-refractivity contribution in [3.63, 3.8) is 0 Å². The summed E-state index contributed by atoms with van der Waals surface area (Å²) < 4.78 is 20.4. The van der Waals surface area contributed by atoms with Gasteiger partial charge in [0.1, 0.15) is 29.4 Å². The minimum absolute atomic E-state index is 0.0737. The molecule has 2 fully saturated rings. The van der Waals surface area contributed by atoms with Gasteiger partial charge < -0.3 is 19.9 Å². The number of hydrogen-bond donors (Lipinski definition) is 1. The fourth-order valence-electron chi connectivity index (χ4n) is 4.00. The average molecular weight is 414 g/mol. The Bertz CT molecular complexity index is 1040. The minimum Gasteiger partial charge on any atom is -0.383 e. The van der Waals surface area contributed by atoms with E-state index in [0.717, 1.165) is 21.7 Å². The standard InChI is InChI=1S/C20H23N5O3S/c1-4-12-14-15(28-20(2,3)27-14)19(26-12)25-17-13(16(21)22-10-23-17)18(24-25)29-11-8-6-5-7-9-11/h5-10,12,14-15,19H,4H2,1-3H3,(H2,21,22,23)/t12-,14-,15-,19-/m1/s1. The van der Waals surface area contributed by atoms with Gasteiger partial charge in [-0.3, -0.25) is 0 Å². The van der Waals surface area contributed by atoms with Gasteiger partial charge in [0, 0.05) is 4.90 Å². The summed E-state index contributed by atoms with van der Waals surface area (Å²) in [6.45, 7) is 5.93. The molecule has 0 spiro atoms. The monoisotopic (exact) mass is 413 g/mol. The Morgan fingerprint density at radius 3 is 2.66 bits per heavy atom. The molecule has 5 rings (SSSR count). The number of ether oxygens (including phenoxy) is 3. The molecule has 29 heavy (non-hydrogen) atoms. The fraction of sp³-hybridized carbons (Fsp3) is 0.450. The lowest BCUT2D eigenvalue weighted by atomic mass is 10.1. The molecule has 2 aliphatic rings. The van der Waals surface area contributed by atoms with Gasteiger partial charge in [0.25, 0.3) is 0 Å². The number of nitrogens with two attached hydrogens (primary N) is 1. The first kappa shape index (κ1) is 18.8. The minimum atomic E-state index is -0.663. The van der Waals surface area contributed by atoms with E-state index in [1.165, 1.54) is 18.1 Å². The van der Waals surface area contributed by atoms with Gasteiger partial charge in [0.2, 0.25) is 0 Å². The van der Waals surface area contributed by atoms with Crippen LogP contribution in [0.2, 0.25) is 0 Å². The van der Waals surface area contributed by atoms with Crippen LogP contribution in [-0.2, 0) is 14.2 Å². The topological polar surface area (TPSA) is 97.3 Å². The molecule has 0 bridgehead atoms. The van der Waals surface area contributed by atoms with Crippen molar-refractivity contribution in [2.24, 2.45) is 0 Å². The van der Waals surface area contributed by atoms with Gasteiger partial charge in [-0.25, -0.2) is 14.6 Å². The number of nitrogen functional groups attached to an aromatic ring is 1. The highest BCUT2D eigenvalue weighted by atomic mass is 32.2. The third kappa shape index (κ3) is 3.18. The van der Waals surface area contributed by atoms with Crippen molar-refractivity contribution in [1.29, 1.82) is 0 Å². The van der Waals surface area contributed by atoms with Crippen LogP contribution in [0.25, 0.3) is 11.0 Å². The maximum atomic E-state index is 6.31. The molecule has 4 heterocycles. The Kier molecular flexibility index (Phi) is 4.50. The first-order chi connectivity index (χ1) is 14.0. The van der Waals surface area contributed by atoms with E-state index in [1.807, 2.05) is 44.2 Å². The maximum absolute atomic E-state index is 6.31. The molecular formula is C20H23N5O3S. The first-order valence-electron chi connectivity index (χ1n) is 9.69. The molecule has 9 heteroatoms. The second-order valence-corrected chi connectivity index (χ2v) is 8.72. The van der Waals surface area contributed by atoms with Crippen LogP contribution < -0.4 is 5.73 Å². The lowest BCUT2D eigenvalue weighted by Gasteiger charge is -2.24. The second-order valence-electron chi connectivity index (χ2n) is 7.66. The van der Waals surface area contributed by atoms with Crippen LogP contribution in [0.15, 0.2) is 46.6 Å². The second kappa shape index (κ2) is 6.94. The quantitative estimate of drug-likeness (QED) is 0.695. The lowest BCUT2D eigenvalue weighted by molar-refractivity contribution is -0.197. The zero-order valence-electron chi connectivity index (χ0n) is 16.5. The third-order valence-corrected chi connectivity index (χ3v) is 6.20. The lowest BCUT2D eigenvalue weighted by Crippen LogP contribution is -2.28. The molecule has 0 unspecified atom stereocenters. The molecule has 3 aromatic rings. The van der Waals surface area contributed by atoms with E-state index in [0.29, 0.717) is 11.5 Å². The van der Waals surface area contributed by atoms with Gasteiger partial charge >= 0.3 is 0 Å². The van der Waals surface area contributed by atoms with Gasteiger partial charge in [0.05, 0.1) is 11.5 Å². The summed E-state index contributed by atoms with van der Waals surface area (Å²) in [6, 6.07) is 10.0. The van der Waals surface area contributed by atoms with Crippen molar-refractivity contribution in [1.82, 2.24) is 19.7 Å². The summed E-state index contributed by atoms with van der Waals surface area (Å²) in [5, 5.41) is 6.30. The molecule has 0 radical (unpaired) electrons. The summed E-state index contributed by atoms with van der Waals surface area (Å²) in [7, 11) is 0. The molecular weight excluding hydrogens is 390 g/mol. The number of hydrogen-bond acceptors (Lipinski definition) is 8. The fourth-order valence-corrected chi connectivity index (χ4v) is 4.94. The molecule has 0 aliphatic carbocycles. The Balaban J connectivity index is 1.60. The van der Waals surface area contributed by atoms with E-state index in [4.69, 9.17) is 25.0 Å². The van der Waals surface area contributed by atoms with Gasteiger partial charge in [-0.1, -0.05) is 36.9 Å². The van der Waals surface area contributed by atoms with Crippen LogP contribution in [0.4, 0.5) is 5.82 Å². The van der Waals surface area contributed by atoms with Crippen molar-refractivity contribution < 1.29 is 14.2 Å². The van der Waals surface area contributed by atoms with Gasteiger partial charge in [0.15, 0.2) is 17.7 Å². The molecule has 2 aliphatic heterocycles. The van der Waals surface area contributed by atoms with Crippen molar-refractivity contribution >= 4 is 28.6 Å². The summed E-state index contributed by atoms with van der Waals surface area (Å²) in [6.07, 6.45) is 1.32. The predicted molar refractivity (Wildman–Crippen MR) is 108 cm³/mol. The first-order valence-corrected chi connectivity index (χ1v) is 10.5. The van der Waals surface area contributed by atoms with Crippen LogP contribution in [0.3, 0.4) is 0 Å². The highest BCUT2D eigenvalue weighted by Crippen LogP contribution is 2.45. The zero-order chi connectivity index (χ0) is 20.2. The number of aromatic nitrogens is 4. The zero-order valence-corrected chi connectivity index (χ0v) is 17.3. The maximum Gasteiger partial charge on any atom is 0.181 e. The van der Waals surface area contributed by atoms with Gasteiger partial charge in [-0.15, -0.1) is 0 Å². The summed E-state index contributed by atoms with van der Waals surface area (Å²) >= 11 is 1.52. The molecule has 2 N–H and O–H groups in total. The Morgan fingerprint density at radius 1 is 1.14 bits per heavy atom. The van der Waals surface area contributed by atoms with Gasteiger partial charge in [-0.05, 0) is 32.4 Å². The molecule has 2 aromatic heterocycles. The number of fused-ring (bicyclic) bond motifs is 2. The Labute approximate surface area is 172 Å². The largest absolute Gasteiger partial charge is 0.383 e. The van der Waals surface area contributed by atoms with Crippen LogP contribution in [-0.4, -0.2) is 43.8 Å².